The number of carboxylic acid groups (broad SMARTS) is 1. The summed E-state index contributed by atoms with van der Waals surface area (Å²) >= 11 is 2.55. The van der Waals surface area contributed by atoms with Gasteiger partial charge in [0.15, 0.2) is 5.78 Å². The van der Waals surface area contributed by atoms with Gasteiger partial charge in [0.1, 0.15) is 4.88 Å². The van der Waals surface area contributed by atoms with Crippen molar-refractivity contribution in [2.24, 2.45) is 5.92 Å². The van der Waals surface area contributed by atoms with Crippen LogP contribution in [0.1, 0.15) is 38.9 Å². The second kappa shape index (κ2) is 5.03. The third-order valence-corrected chi connectivity index (χ3v) is 5.56. The lowest BCUT2D eigenvalue weighted by atomic mass is 9.81. The summed E-state index contributed by atoms with van der Waals surface area (Å²) in [6.07, 6.45) is 2.22. The molecule has 0 radical (unpaired) electrons. The third kappa shape index (κ3) is 2.08. The first-order valence-electron chi connectivity index (χ1n) is 5.62. The molecule has 2 atom stereocenters. The van der Waals surface area contributed by atoms with E-state index in [1.165, 1.54) is 11.8 Å². The molecule has 6 heteroatoms. The number of carboxylic acids is 1. The number of hydrogen-bond donors (Lipinski definition) is 2. The lowest BCUT2D eigenvalue weighted by molar-refractivity contribution is 0.0686. The lowest BCUT2D eigenvalue weighted by Gasteiger charge is -2.24. The van der Waals surface area contributed by atoms with Crippen molar-refractivity contribution in [3.05, 3.63) is 16.0 Å². The molecular weight excluding hydrogens is 272 g/mol. The monoisotopic (exact) mass is 286 g/mol. The summed E-state index contributed by atoms with van der Waals surface area (Å²) in [5.41, 5.74) is 1.18. The molecule has 0 aromatic carbocycles. The predicted molar refractivity (Wildman–Crippen MR) is 70.9 cm³/mol. The van der Waals surface area contributed by atoms with Gasteiger partial charge in [-0.2, -0.15) is 0 Å². The lowest BCUT2D eigenvalue weighted by Crippen LogP contribution is -2.31. The van der Waals surface area contributed by atoms with Gasteiger partial charge in [0.05, 0.1) is 10.3 Å². The molecule has 0 bridgehead atoms. The minimum atomic E-state index is -0.972. The quantitative estimate of drug-likeness (QED) is 0.834. The Morgan fingerprint density at radius 3 is 2.72 bits per heavy atom. The number of Topliss-reactive ketones (excluding diaryl/α,β-unsaturated/α-hetero) is 1. The molecule has 0 spiro atoms. The van der Waals surface area contributed by atoms with Crippen molar-refractivity contribution < 1.29 is 19.8 Å². The van der Waals surface area contributed by atoms with Crippen molar-refractivity contribution in [1.29, 1.82) is 0 Å². The first-order chi connectivity index (χ1) is 8.47. The van der Waals surface area contributed by atoms with Crippen LogP contribution in [0.5, 0.6) is 0 Å². The SMILES string of the molecule is CSc1sc(C(=O)O)c2c1C(=O)C(C(C)O)CC2. The van der Waals surface area contributed by atoms with Gasteiger partial charge in [-0.25, -0.2) is 4.79 Å². The molecule has 2 N–H and O–H groups in total. The van der Waals surface area contributed by atoms with Gasteiger partial charge in [0.2, 0.25) is 0 Å². The van der Waals surface area contributed by atoms with Crippen LogP contribution < -0.4 is 0 Å². The zero-order chi connectivity index (χ0) is 13.4. The number of rotatable bonds is 3. The van der Waals surface area contributed by atoms with Gasteiger partial charge in [-0.3, -0.25) is 4.79 Å². The summed E-state index contributed by atoms with van der Waals surface area (Å²) < 4.78 is 0.748. The smallest absolute Gasteiger partial charge is 0.346 e. The van der Waals surface area contributed by atoms with Crippen LogP contribution in [0.3, 0.4) is 0 Å². The Kier molecular flexibility index (Phi) is 3.79. The van der Waals surface area contributed by atoms with E-state index in [9.17, 15) is 14.7 Å². The molecule has 1 aromatic heterocycles. The second-order valence-electron chi connectivity index (χ2n) is 4.33. The molecule has 4 nitrogen and oxygen atoms in total. The highest BCUT2D eigenvalue weighted by atomic mass is 32.2. The van der Waals surface area contributed by atoms with Crippen LogP contribution in [-0.2, 0) is 6.42 Å². The van der Waals surface area contributed by atoms with Gasteiger partial charge in [-0.1, -0.05) is 0 Å². The minimum absolute atomic E-state index is 0.112. The summed E-state index contributed by atoms with van der Waals surface area (Å²) in [6.45, 7) is 1.61. The van der Waals surface area contributed by atoms with Gasteiger partial charge in [0, 0.05) is 11.5 Å². The van der Waals surface area contributed by atoms with E-state index < -0.39 is 18.0 Å². The number of carbonyl (C=O) groups excluding carboxylic acids is 1. The van der Waals surface area contributed by atoms with Gasteiger partial charge in [-0.15, -0.1) is 23.1 Å². The first kappa shape index (κ1) is 13.6. The van der Waals surface area contributed by atoms with Crippen LogP contribution >= 0.6 is 23.1 Å². The number of fused-ring (bicyclic) bond motifs is 1. The maximum Gasteiger partial charge on any atom is 0.346 e. The standard InChI is InChI=1S/C12H14O4S2/c1-5(13)6-3-4-7-8(9(6)14)12(17-2)18-10(7)11(15)16/h5-6,13H,3-4H2,1-2H3,(H,15,16). The minimum Gasteiger partial charge on any atom is -0.477 e. The molecule has 2 rings (SSSR count). The molecule has 1 aromatic rings. The highest BCUT2D eigenvalue weighted by molar-refractivity contribution is 8.00. The van der Waals surface area contributed by atoms with Crippen LogP contribution in [0.4, 0.5) is 0 Å². The van der Waals surface area contributed by atoms with Crippen LogP contribution in [0.25, 0.3) is 0 Å². The van der Waals surface area contributed by atoms with E-state index in [2.05, 4.69) is 0 Å². The maximum absolute atomic E-state index is 12.3. The molecule has 0 saturated heterocycles. The Balaban J connectivity index is 2.54. The molecule has 0 amide bonds. The van der Waals surface area contributed by atoms with E-state index in [-0.39, 0.29) is 10.7 Å². The zero-order valence-electron chi connectivity index (χ0n) is 10.1. The van der Waals surface area contributed by atoms with E-state index in [4.69, 9.17) is 5.11 Å². The van der Waals surface area contributed by atoms with Crippen molar-refractivity contribution in [2.45, 2.75) is 30.1 Å². The fourth-order valence-corrected chi connectivity index (χ4v) is 4.26. The Bertz CT molecular complexity index is 504. The number of ketones is 1. The van der Waals surface area contributed by atoms with Crippen molar-refractivity contribution in [3.8, 4) is 0 Å². The zero-order valence-corrected chi connectivity index (χ0v) is 11.7. The first-order valence-corrected chi connectivity index (χ1v) is 7.66. The summed E-state index contributed by atoms with van der Waals surface area (Å²) in [5, 5.41) is 18.8. The van der Waals surface area contributed by atoms with Gasteiger partial charge in [-0.05, 0) is 31.6 Å². The Hall–Kier alpha value is -0.850. The van der Waals surface area contributed by atoms with Crippen molar-refractivity contribution in [1.82, 2.24) is 0 Å². The molecule has 0 saturated carbocycles. The largest absolute Gasteiger partial charge is 0.477 e. The molecule has 1 heterocycles. The Morgan fingerprint density at radius 2 is 2.22 bits per heavy atom. The molecule has 0 fully saturated rings. The van der Waals surface area contributed by atoms with E-state index in [1.807, 2.05) is 6.26 Å². The van der Waals surface area contributed by atoms with E-state index in [1.54, 1.807) is 6.92 Å². The summed E-state index contributed by atoms with van der Waals surface area (Å²) in [6, 6.07) is 0. The van der Waals surface area contributed by atoms with Crippen molar-refractivity contribution >= 4 is 34.9 Å². The van der Waals surface area contributed by atoms with Gasteiger partial charge >= 0.3 is 5.97 Å². The number of aliphatic hydroxyl groups is 1. The predicted octanol–water partition coefficient (Wildman–Crippen LogP) is 2.29. The van der Waals surface area contributed by atoms with Crippen molar-refractivity contribution in [2.75, 3.05) is 6.26 Å². The van der Waals surface area contributed by atoms with E-state index in [0.29, 0.717) is 24.0 Å². The average Bonchev–Trinajstić information content (AvgIpc) is 2.68. The molecule has 2 unspecified atom stereocenters. The van der Waals surface area contributed by atoms with Crippen LogP contribution in [0.2, 0.25) is 0 Å². The average molecular weight is 286 g/mol. The molecule has 0 aliphatic heterocycles. The fraction of sp³-hybridized carbons (Fsp3) is 0.500. The number of aliphatic hydroxyl groups excluding tert-OH is 1. The van der Waals surface area contributed by atoms with Crippen LogP contribution in [-0.4, -0.2) is 34.3 Å². The van der Waals surface area contributed by atoms with Gasteiger partial charge < -0.3 is 10.2 Å². The fourth-order valence-electron chi connectivity index (χ4n) is 2.32. The molecule has 1 aliphatic carbocycles. The van der Waals surface area contributed by atoms with E-state index in [0.717, 1.165) is 15.5 Å². The number of aromatic carboxylic acids is 1. The highest BCUT2D eigenvalue weighted by Gasteiger charge is 2.36. The van der Waals surface area contributed by atoms with Gasteiger partial charge in [0.25, 0.3) is 0 Å². The molecule has 98 valence electrons. The number of thiophene rings is 1. The normalized spacial score (nSPS) is 20.6. The third-order valence-electron chi connectivity index (χ3n) is 3.23. The number of carbonyl (C=O) groups is 2. The highest BCUT2D eigenvalue weighted by Crippen LogP contribution is 2.41. The molecule has 1 aliphatic rings. The summed E-state index contributed by atoms with van der Waals surface area (Å²) in [5.74, 6) is -1.49. The molecular formula is C12H14O4S2. The maximum atomic E-state index is 12.3. The Morgan fingerprint density at radius 1 is 1.56 bits per heavy atom. The number of thioether (sulfide) groups is 1. The Labute approximate surface area is 113 Å². The second-order valence-corrected chi connectivity index (χ2v) is 6.43. The number of hydrogen-bond acceptors (Lipinski definition) is 5. The van der Waals surface area contributed by atoms with Crippen LogP contribution in [0, 0.1) is 5.92 Å². The molecule has 18 heavy (non-hydrogen) atoms. The van der Waals surface area contributed by atoms with Crippen LogP contribution in [0.15, 0.2) is 4.21 Å². The van der Waals surface area contributed by atoms with Crippen molar-refractivity contribution in [3.63, 3.8) is 0 Å². The summed E-state index contributed by atoms with van der Waals surface area (Å²) in [4.78, 5) is 23.7. The topological polar surface area (TPSA) is 74.6 Å². The van der Waals surface area contributed by atoms with E-state index >= 15 is 0 Å². The summed E-state index contributed by atoms with van der Waals surface area (Å²) in [7, 11) is 0.